The van der Waals surface area contributed by atoms with E-state index < -0.39 is 0 Å². The highest BCUT2D eigenvalue weighted by Gasteiger charge is 2.38. The number of carbonyl (C=O) groups is 1. The average Bonchev–Trinajstić information content (AvgIpc) is 2.53. The fourth-order valence-electron chi connectivity index (χ4n) is 3.64. The van der Waals surface area contributed by atoms with E-state index in [1.807, 2.05) is 14.0 Å². The van der Waals surface area contributed by atoms with Crippen molar-refractivity contribution in [2.75, 3.05) is 12.4 Å². The van der Waals surface area contributed by atoms with Crippen LogP contribution in [0.3, 0.4) is 0 Å². The molecule has 1 aliphatic rings. The Labute approximate surface area is 133 Å². The molecule has 1 atom stereocenters. The minimum atomic E-state index is -0.274. The maximum atomic E-state index is 11.7. The van der Waals surface area contributed by atoms with E-state index in [1.54, 1.807) is 0 Å². The topological polar surface area (TPSA) is 67.2 Å². The number of carbonyl (C=O) groups excluding carboxylic acids is 1. The van der Waals surface area contributed by atoms with Crippen LogP contribution in [0.15, 0.2) is 18.2 Å². The van der Waals surface area contributed by atoms with Gasteiger partial charge in [0.05, 0.1) is 6.04 Å². The van der Waals surface area contributed by atoms with Crippen molar-refractivity contribution < 1.29 is 4.79 Å². The van der Waals surface area contributed by atoms with Crippen LogP contribution in [0.25, 0.3) is 0 Å². The summed E-state index contributed by atoms with van der Waals surface area (Å²) in [6.45, 7) is 4.11. The van der Waals surface area contributed by atoms with E-state index in [2.05, 4.69) is 35.8 Å². The maximum Gasteiger partial charge on any atom is 0.234 e. The van der Waals surface area contributed by atoms with Crippen LogP contribution in [0.1, 0.15) is 56.6 Å². The third-order valence-electron chi connectivity index (χ3n) is 4.87. The standard InChI is InChI=1S/C18H29N3O/c1-4-15(17(19)22)21-18(10-6-5-7-11-18)14-9-8-13(2)12-16(14)20-3/h8-9,12,15,20-21H,4-7,10-11H2,1-3H3,(H2,19,22)/t15-/m1/s1. The highest BCUT2D eigenvalue weighted by atomic mass is 16.1. The molecule has 0 spiro atoms. The van der Waals surface area contributed by atoms with E-state index in [0.717, 1.165) is 24.9 Å². The van der Waals surface area contributed by atoms with Crippen LogP contribution in [0, 0.1) is 6.92 Å². The number of rotatable bonds is 6. The summed E-state index contributed by atoms with van der Waals surface area (Å²) in [6, 6.07) is 6.26. The molecule has 1 aliphatic carbocycles. The molecule has 122 valence electrons. The van der Waals surface area contributed by atoms with E-state index in [9.17, 15) is 4.79 Å². The Kier molecular flexibility index (Phi) is 5.46. The molecule has 0 unspecified atom stereocenters. The van der Waals surface area contributed by atoms with Crippen molar-refractivity contribution in [3.63, 3.8) is 0 Å². The van der Waals surface area contributed by atoms with Crippen LogP contribution < -0.4 is 16.4 Å². The van der Waals surface area contributed by atoms with Crippen LogP contribution >= 0.6 is 0 Å². The van der Waals surface area contributed by atoms with Crippen LogP contribution in [-0.2, 0) is 10.3 Å². The normalized spacial score (nSPS) is 18.7. The smallest absolute Gasteiger partial charge is 0.234 e. The summed E-state index contributed by atoms with van der Waals surface area (Å²) >= 11 is 0. The average molecular weight is 303 g/mol. The van der Waals surface area contributed by atoms with Crippen LogP contribution in [0.5, 0.6) is 0 Å². The summed E-state index contributed by atoms with van der Waals surface area (Å²) in [7, 11) is 1.96. The van der Waals surface area contributed by atoms with Gasteiger partial charge in [-0.1, -0.05) is 38.3 Å². The molecule has 1 amide bonds. The van der Waals surface area contributed by atoms with E-state index in [1.165, 1.54) is 30.4 Å². The fourth-order valence-corrected chi connectivity index (χ4v) is 3.64. The van der Waals surface area contributed by atoms with Gasteiger partial charge in [-0.15, -0.1) is 0 Å². The summed E-state index contributed by atoms with van der Waals surface area (Å²) in [5.74, 6) is -0.259. The van der Waals surface area contributed by atoms with E-state index in [4.69, 9.17) is 5.73 Å². The molecular weight excluding hydrogens is 274 g/mol. The van der Waals surface area contributed by atoms with Crippen molar-refractivity contribution >= 4 is 11.6 Å². The lowest BCUT2D eigenvalue weighted by molar-refractivity contribution is -0.120. The van der Waals surface area contributed by atoms with Gasteiger partial charge in [-0.2, -0.15) is 0 Å². The van der Waals surface area contributed by atoms with Gasteiger partial charge in [0.2, 0.25) is 5.91 Å². The molecule has 22 heavy (non-hydrogen) atoms. The Bertz CT molecular complexity index is 521. The molecular formula is C18H29N3O. The van der Waals surface area contributed by atoms with Gasteiger partial charge in [0.15, 0.2) is 0 Å². The molecule has 4 nitrogen and oxygen atoms in total. The molecule has 1 aromatic carbocycles. The van der Waals surface area contributed by atoms with Gasteiger partial charge in [-0.25, -0.2) is 0 Å². The van der Waals surface area contributed by atoms with E-state index in [0.29, 0.717) is 0 Å². The van der Waals surface area contributed by atoms with Gasteiger partial charge in [-0.3, -0.25) is 10.1 Å². The first-order valence-corrected chi connectivity index (χ1v) is 8.38. The Morgan fingerprint density at radius 2 is 2.00 bits per heavy atom. The molecule has 0 aromatic heterocycles. The van der Waals surface area contributed by atoms with Crippen molar-refractivity contribution in [3.8, 4) is 0 Å². The second-order valence-electron chi connectivity index (χ2n) is 6.45. The van der Waals surface area contributed by atoms with Gasteiger partial charge in [0.25, 0.3) is 0 Å². The molecule has 0 heterocycles. The lowest BCUT2D eigenvalue weighted by Gasteiger charge is -2.42. The zero-order valence-electron chi connectivity index (χ0n) is 14.0. The first-order chi connectivity index (χ1) is 10.5. The van der Waals surface area contributed by atoms with Crippen molar-refractivity contribution in [2.24, 2.45) is 5.73 Å². The first-order valence-electron chi connectivity index (χ1n) is 8.38. The minimum Gasteiger partial charge on any atom is -0.388 e. The number of aryl methyl sites for hydroxylation is 1. The molecule has 2 rings (SSSR count). The Balaban J connectivity index is 2.43. The molecule has 0 bridgehead atoms. The van der Waals surface area contributed by atoms with E-state index >= 15 is 0 Å². The number of hydrogen-bond acceptors (Lipinski definition) is 3. The number of nitrogens with two attached hydrogens (primary N) is 1. The van der Waals surface area contributed by atoms with E-state index in [-0.39, 0.29) is 17.5 Å². The molecule has 0 aliphatic heterocycles. The van der Waals surface area contributed by atoms with Crippen molar-refractivity contribution in [2.45, 2.75) is 64.0 Å². The van der Waals surface area contributed by atoms with Crippen molar-refractivity contribution in [1.82, 2.24) is 5.32 Å². The van der Waals surface area contributed by atoms with Crippen LogP contribution in [-0.4, -0.2) is 19.0 Å². The number of anilines is 1. The monoisotopic (exact) mass is 303 g/mol. The number of amides is 1. The van der Waals surface area contributed by atoms with Crippen LogP contribution in [0.2, 0.25) is 0 Å². The predicted octanol–water partition coefficient (Wildman–Crippen LogP) is 3.05. The largest absolute Gasteiger partial charge is 0.388 e. The molecule has 4 N–H and O–H groups in total. The highest BCUT2D eigenvalue weighted by Crippen LogP contribution is 2.41. The van der Waals surface area contributed by atoms with Gasteiger partial charge in [0, 0.05) is 18.3 Å². The summed E-state index contributed by atoms with van der Waals surface area (Å²) in [5, 5.41) is 6.94. The molecule has 0 saturated heterocycles. The Hall–Kier alpha value is -1.55. The lowest BCUT2D eigenvalue weighted by atomic mass is 9.75. The van der Waals surface area contributed by atoms with Gasteiger partial charge < -0.3 is 11.1 Å². The second-order valence-corrected chi connectivity index (χ2v) is 6.45. The quantitative estimate of drug-likeness (QED) is 0.756. The van der Waals surface area contributed by atoms with Crippen molar-refractivity contribution in [1.29, 1.82) is 0 Å². The fraction of sp³-hybridized carbons (Fsp3) is 0.611. The summed E-state index contributed by atoms with van der Waals surface area (Å²) in [5.41, 5.74) is 9.07. The third-order valence-corrected chi connectivity index (χ3v) is 4.87. The zero-order chi connectivity index (χ0) is 16.2. The van der Waals surface area contributed by atoms with Gasteiger partial charge >= 0.3 is 0 Å². The summed E-state index contributed by atoms with van der Waals surface area (Å²) in [6.07, 6.45) is 6.44. The lowest BCUT2D eigenvalue weighted by Crippen LogP contribution is -2.53. The van der Waals surface area contributed by atoms with Crippen molar-refractivity contribution in [3.05, 3.63) is 29.3 Å². The molecule has 1 fully saturated rings. The molecule has 1 aromatic rings. The Morgan fingerprint density at radius 1 is 1.32 bits per heavy atom. The maximum absolute atomic E-state index is 11.7. The second kappa shape index (κ2) is 7.14. The summed E-state index contributed by atoms with van der Waals surface area (Å²) in [4.78, 5) is 11.7. The predicted molar refractivity (Wildman–Crippen MR) is 91.9 cm³/mol. The Morgan fingerprint density at radius 3 is 2.55 bits per heavy atom. The molecule has 0 radical (unpaired) electrons. The molecule has 1 saturated carbocycles. The minimum absolute atomic E-state index is 0.153. The SMILES string of the molecule is CC[C@@H](NC1(c2ccc(C)cc2NC)CCCCC1)C(N)=O. The zero-order valence-corrected chi connectivity index (χ0v) is 14.0. The van der Waals surface area contributed by atoms with Gasteiger partial charge in [0.1, 0.15) is 0 Å². The number of benzene rings is 1. The number of hydrogen-bond donors (Lipinski definition) is 3. The summed E-state index contributed by atoms with van der Waals surface area (Å²) < 4.78 is 0. The highest BCUT2D eigenvalue weighted by molar-refractivity contribution is 5.80. The number of primary amides is 1. The third kappa shape index (κ3) is 3.43. The molecule has 4 heteroatoms. The van der Waals surface area contributed by atoms with Gasteiger partial charge in [-0.05, 0) is 43.4 Å². The number of nitrogens with one attached hydrogen (secondary N) is 2. The first kappa shape index (κ1) is 16.8. The van der Waals surface area contributed by atoms with Crippen LogP contribution in [0.4, 0.5) is 5.69 Å².